The molecule has 1 heterocycles. The topological polar surface area (TPSA) is 72.9 Å². The molecule has 0 saturated carbocycles. The van der Waals surface area contributed by atoms with Gasteiger partial charge in [0.2, 0.25) is 5.91 Å². The van der Waals surface area contributed by atoms with Crippen molar-refractivity contribution in [3.05, 3.63) is 89.5 Å². The first-order valence-corrected chi connectivity index (χ1v) is 9.19. The Balaban J connectivity index is 1.56. The number of aromatic nitrogens is 2. The second kappa shape index (κ2) is 8.64. The number of carbonyl (C=O) groups is 1. The van der Waals surface area contributed by atoms with Gasteiger partial charge in [-0.15, -0.1) is 0 Å². The highest BCUT2D eigenvalue weighted by atomic mass is 16.2. The molecule has 0 spiro atoms. The standard InChI is InChI=1S/C22H26N4O/c1-16-8-6-7-11-20(16)17(2)25-22(27)21(23)12-19-14-26(15-24-19)13-18-9-4-3-5-10-18/h3-11,14-15,17,21H,12-13,23H2,1-2H3,(H,25,27)/t17?,21-/m0/s1. The van der Waals surface area contributed by atoms with Crippen LogP contribution in [0.2, 0.25) is 0 Å². The number of hydrogen-bond acceptors (Lipinski definition) is 3. The molecule has 2 atom stereocenters. The first-order chi connectivity index (χ1) is 13.0. The Morgan fingerprint density at radius 1 is 1.15 bits per heavy atom. The molecule has 3 rings (SSSR count). The van der Waals surface area contributed by atoms with Crippen molar-refractivity contribution < 1.29 is 4.79 Å². The highest BCUT2D eigenvalue weighted by Gasteiger charge is 2.19. The number of nitrogens with one attached hydrogen (secondary N) is 1. The van der Waals surface area contributed by atoms with Gasteiger partial charge in [-0.05, 0) is 30.5 Å². The van der Waals surface area contributed by atoms with E-state index in [1.165, 1.54) is 5.56 Å². The predicted octanol–water partition coefficient (Wildman–Crippen LogP) is 2.99. The number of amides is 1. The summed E-state index contributed by atoms with van der Waals surface area (Å²) in [6.07, 6.45) is 4.14. The number of nitrogens with zero attached hydrogens (tertiary/aromatic N) is 2. The van der Waals surface area contributed by atoms with Crippen LogP contribution in [0.25, 0.3) is 0 Å². The minimum atomic E-state index is -0.628. The highest BCUT2D eigenvalue weighted by Crippen LogP contribution is 2.16. The van der Waals surface area contributed by atoms with Gasteiger partial charge in [-0.3, -0.25) is 4.79 Å². The summed E-state index contributed by atoms with van der Waals surface area (Å²) in [6, 6.07) is 17.5. The highest BCUT2D eigenvalue weighted by molar-refractivity contribution is 5.82. The van der Waals surface area contributed by atoms with Crippen LogP contribution in [0, 0.1) is 6.92 Å². The average molecular weight is 362 g/mol. The molecule has 0 aliphatic rings. The summed E-state index contributed by atoms with van der Waals surface area (Å²) in [7, 11) is 0. The zero-order valence-corrected chi connectivity index (χ0v) is 15.8. The fourth-order valence-corrected chi connectivity index (χ4v) is 3.18. The van der Waals surface area contributed by atoms with E-state index in [9.17, 15) is 4.79 Å². The number of nitrogens with two attached hydrogens (primary N) is 1. The monoisotopic (exact) mass is 362 g/mol. The molecule has 3 N–H and O–H groups in total. The molecule has 140 valence electrons. The van der Waals surface area contributed by atoms with Gasteiger partial charge in [-0.25, -0.2) is 4.98 Å². The zero-order chi connectivity index (χ0) is 19.2. The summed E-state index contributed by atoms with van der Waals surface area (Å²) in [5.74, 6) is -0.164. The molecular weight excluding hydrogens is 336 g/mol. The van der Waals surface area contributed by atoms with Crippen LogP contribution in [0.5, 0.6) is 0 Å². The molecule has 1 unspecified atom stereocenters. The molecule has 5 heteroatoms. The van der Waals surface area contributed by atoms with E-state index in [-0.39, 0.29) is 11.9 Å². The Hall–Kier alpha value is -2.92. The first-order valence-electron chi connectivity index (χ1n) is 9.19. The minimum absolute atomic E-state index is 0.0830. The van der Waals surface area contributed by atoms with Gasteiger partial charge in [0.25, 0.3) is 0 Å². The molecule has 1 amide bonds. The maximum Gasteiger partial charge on any atom is 0.237 e. The maximum absolute atomic E-state index is 12.5. The largest absolute Gasteiger partial charge is 0.348 e. The van der Waals surface area contributed by atoms with E-state index >= 15 is 0 Å². The van der Waals surface area contributed by atoms with Crippen LogP contribution in [0.1, 0.15) is 35.3 Å². The first kappa shape index (κ1) is 18.9. The summed E-state index contributed by atoms with van der Waals surface area (Å²) in [5.41, 5.74) is 10.4. The number of hydrogen-bond donors (Lipinski definition) is 2. The summed E-state index contributed by atoms with van der Waals surface area (Å²) in [5, 5.41) is 3.01. The maximum atomic E-state index is 12.5. The third-order valence-electron chi connectivity index (χ3n) is 4.67. The van der Waals surface area contributed by atoms with Crippen LogP contribution >= 0.6 is 0 Å². The van der Waals surface area contributed by atoms with Gasteiger partial charge in [0.05, 0.1) is 24.1 Å². The van der Waals surface area contributed by atoms with Gasteiger partial charge in [-0.1, -0.05) is 54.6 Å². The van der Waals surface area contributed by atoms with E-state index in [0.29, 0.717) is 6.42 Å². The third-order valence-corrected chi connectivity index (χ3v) is 4.67. The van der Waals surface area contributed by atoms with Crippen molar-refractivity contribution in [3.8, 4) is 0 Å². The van der Waals surface area contributed by atoms with E-state index in [4.69, 9.17) is 5.73 Å². The molecule has 3 aromatic rings. The summed E-state index contributed by atoms with van der Waals surface area (Å²) in [6.45, 7) is 4.76. The number of rotatable bonds is 7. The van der Waals surface area contributed by atoms with Crippen molar-refractivity contribution in [1.29, 1.82) is 0 Å². The fraction of sp³-hybridized carbons (Fsp3) is 0.273. The molecular formula is C22H26N4O. The van der Waals surface area contributed by atoms with E-state index < -0.39 is 6.04 Å². The minimum Gasteiger partial charge on any atom is -0.348 e. The lowest BCUT2D eigenvalue weighted by atomic mass is 10.0. The molecule has 1 aromatic heterocycles. The SMILES string of the molecule is Cc1ccccc1C(C)NC(=O)[C@@H](N)Cc1cn(Cc2ccccc2)cn1. The number of imidazole rings is 1. The Morgan fingerprint density at radius 3 is 2.59 bits per heavy atom. The van der Waals surface area contributed by atoms with Crippen LogP contribution in [-0.4, -0.2) is 21.5 Å². The second-order valence-corrected chi connectivity index (χ2v) is 6.92. The normalized spacial score (nSPS) is 13.1. The summed E-state index contributed by atoms with van der Waals surface area (Å²) >= 11 is 0. The molecule has 0 aliphatic heterocycles. The average Bonchev–Trinajstić information content (AvgIpc) is 3.09. The Morgan fingerprint density at radius 2 is 1.85 bits per heavy atom. The fourth-order valence-electron chi connectivity index (χ4n) is 3.18. The molecule has 0 radical (unpaired) electrons. The van der Waals surface area contributed by atoms with Gasteiger partial charge in [0.15, 0.2) is 0 Å². The van der Waals surface area contributed by atoms with Crippen LogP contribution in [-0.2, 0) is 17.8 Å². The van der Waals surface area contributed by atoms with Gasteiger partial charge >= 0.3 is 0 Å². The van der Waals surface area contributed by atoms with Crippen LogP contribution in [0.3, 0.4) is 0 Å². The lowest BCUT2D eigenvalue weighted by Gasteiger charge is -2.19. The van der Waals surface area contributed by atoms with Crippen LogP contribution < -0.4 is 11.1 Å². The molecule has 0 aliphatic carbocycles. The Kier molecular flexibility index (Phi) is 6.04. The van der Waals surface area contributed by atoms with Crippen molar-refractivity contribution in [2.75, 3.05) is 0 Å². The van der Waals surface area contributed by atoms with E-state index in [1.54, 1.807) is 6.33 Å². The molecule has 0 fully saturated rings. The van der Waals surface area contributed by atoms with Gasteiger partial charge in [0.1, 0.15) is 0 Å². The third kappa shape index (κ3) is 5.05. The zero-order valence-electron chi connectivity index (χ0n) is 15.8. The molecule has 0 saturated heterocycles. The van der Waals surface area contributed by atoms with Crippen molar-refractivity contribution in [2.45, 2.75) is 38.9 Å². The number of carbonyl (C=O) groups excluding carboxylic acids is 1. The molecule has 27 heavy (non-hydrogen) atoms. The van der Waals surface area contributed by atoms with Crippen molar-refractivity contribution in [2.24, 2.45) is 5.73 Å². The van der Waals surface area contributed by atoms with E-state index in [2.05, 4.69) is 22.4 Å². The van der Waals surface area contributed by atoms with Gasteiger partial charge < -0.3 is 15.6 Å². The van der Waals surface area contributed by atoms with Crippen LogP contribution in [0.4, 0.5) is 0 Å². The lowest BCUT2D eigenvalue weighted by Crippen LogP contribution is -2.43. The lowest BCUT2D eigenvalue weighted by molar-refractivity contribution is -0.123. The summed E-state index contributed by atoms with van der Waals surface area (Å²) < 4.78 is 2.01. The Labute approximate surface area is 160 Å². The molecule has 2 aromatic carbocycles. The molecule has 0 bridgehead atoms. The van der Waals surface area contributed by atoms with E-state index in [0.717, 1.165) is 23.4 Å². The van der Waals surface area contributed by atoms with E-state index in [1.807, 2.05) is 67.1 Å². The Bertz CT molecular complexity index is 888. The van der Waals surface area contributed by atoms with Gasteiger partial charge in [-0.2, -0.15) is 0 Å². The van der Waals surface area contributed by atoms with Gasteiger partial charge in [0, 0.05) is 19.2 Å². The second-order valence-electron chi connectivity index (χ2n) is 6.92. The van der Waals surface area contributed by atoms with Crippen LogP contribution in [0.15, 0.2) is 67.1 Å². The predicted molar refractivity (Wildman–Crippen MR) is 107 cm³/mol. The summed E-state index contributed by atoms with van der Waals surface area (Å²) in [4.78, 5) is 16.9. The van der Waals surface area contributed by atoms with Crippen molar-refractivity contribution >= 4 is 5.91 Å². The van der Waals surface area contributed by atoms with Crippen molar-refractivity contribution in [1.82, 2.24) is 14.9 Å². The van der Waals surface area contributed by atoms with Crippen molar-refractivity contribution in [3.63, 3.8) is 0 Å². The number of aryl methyl sites for hydroxylation is 1. The molecule has 5 nitrogen and oxygen atoms in total. The smallest absolute Gasteiger partial charge is 0.237 e. The number of benzene rings is 2. The quantitative estimate of drug-likeness (QED) is 0.679.